The Kier molecular flexibility index (Phi) is 5.09. The van der Waals surface area contributed by atoms with E-state index in [9.17, 15) is 0 Å². The summed E-state index contributed by atoms with van der Waals surface area (Å²) in [6.07, 6.45) is 0. The largest absolute Gasteiger partial charge is 0.151 e. The van der Waals surface area contributed by atoms with Crippen molar-refractivity contribution in [3.8, 4) is 0 Å². The third-order valence-electron chi connectivity index (χ3n) is 3.79. The van der Waals surface area contributed by atoms with Crippen molar-refractivity contribution in [2.45, 2.75) is 20.8 Å². The maximum atomic E-state index is 4.32. The second kappa shape index (κ2) is 7.62. The second-order valence-electron chi connectivity index (χ2n) is 6.04. The Hall–Kier alpha value is -3.14. The Morgan fingerprint density at radius 2 is 0.920 bits per heavy atom. The van der Waals surface area contributed by atoms with Crippen LogP contribution >= 0.6 is 0 Å². The predicted molar refractivity (Wildman–Crippen MR) is 102 cm³/mol. The first-order valence-electron chi connectivity index (χ1n) is 8.18. The number of azo groups is 2. The molecule has 0 aromatic heterocycles. The van der Waals surface area contributed by atoms with Gasteiger partial charge in [-0.3, -0.25) is 0 Å². The van der Waals surface area contributed by atoms with Gasteiger partial charge in [-0.2, -0.15) is 20.5 Å². The Bertz CT molecular complexity index is 908. The number of hydrogen-bond acceptors (Lipinski definition) is 4. The average molecular weight is 328 g/mol. The zero-order valence-electron chi connectivity index (χ0n) is 14.6. The third kappa shape index (κ3) is 4.67. The van der Waals surface area contributed by atoms with E-state index in [1.807, 2.05) is 74.5 Å². The van der Waals surface area contributed by atoms with Gasteiger partial charge in [0.2, 0.25) is 0 Å². The van der Waals surface area contributed by atoms with Crippen LogP contribution in [-0.2, 0) is 0 Å². The van der Waals surface area contributed by atoms with Crippen LogP contribution in [0.2, 0.25) is 0 Å². The summed E-state index contributed by atoms with van der Waals surface area (Å²) < 4.78 is 0. The predicted octanol–water partition coefficient (Wildman–Crippen LogP) is 7.44. The molecule has 0 aliphatic rings. The quantitative estimate of drug-likeness (QED) is 0.447. The maximum Gasteiger partial charge on any atom is 0.0886 e. The van der Waals surface area contributed by atoms with Crippen LogP contribution in [0, 0.1) is 20.8 Å². The average Bonchev–Trinajstić information content (AvgIpc) is 2.61. The molecule has 3 rings (SSSR count). The molecule has 4 heteroatoms. The van der Waals surface area contributed by atoms with Gasteiger partial charge >= 0.3 is 0 Å². The summed E-state index contributed by atoms with van der Waals surface area (Å²) in [6, 6.07) is 21.6. The van der Waals surface area contributed by atoms with E-state index in [0.717, 1.165) is 28.3 Å². The first-order valence-corrected chi connectivity index (χ1v) is 8.18. The lowest BCUT2D eigenvalue weighted by atomic mass is 10.1. The molecule has 0 saturated carbocycles. The molecule has 3 aromatic carbocycles. The molecule has 0 N–H and O–H groups in total. The molecular weight excluding hydrogens is 308 g/mol. The molecule has 0 amide bonds. The molecule has 4 nitrogen and oxygen atoms in total. The summed E-state index contributed by atoms with van der Waals surface area (Å²) in [4.78, 5) is 0. The molecule has 0 unspecified atom stereocenters. The van der Waals surface area contributed by atoms with Crippen LogP contribution in [0.4, 0.5) is 22.7 Å². The van der Waals surface area contributed by atoms with Crippen molar-refractivity contribution in [2.75, 3.05) is 0 Å². The van der Waals surface area contributed by atoms with Crippen molar-refractivity contribution < 1.29 is 0 Å². The van der Waals surface area contributed by atoms with Gasteiger partial charge in [-0.25, -0.2) is 0 Å². The van der Waals surface area contributed by atoms with Gasteiger partial charge in [-0.15, -0.1) is 0 Å². The van der Waals surface area contributed by atoms with Gasteiger partial charge in [-0.1, -0.05) is 35.4 Å². The van der Waals surface area contributed by atoms with Gasteiger partial charge in [0.25, 0.3) is 0 Å². The normalized spacial score (nSPS) is 11.5. The first-order chi connectivity index (χ1) is 12.1. The molecule has 0 atom stereocenters. The molecule has 0 spiro atoms. The van der Waals surface area contributed by atoms with Crippen molar-refractivity contribution in [1.82, 2.24) is 0 Å². The molecule has 124 valence electrons. The fraction of sp³-hybridized carbons (Fsp3) is 0.143. The van der Waals surface area contributed by atoms with E-state index in [1.54, 1.807) is 0 Å². The topological polar surface area (TPSA) is 49.4 Å². The van der Waals surface area contributed by atoms with E-state index in [1.165, 1.54) is 11.1 Å². The van der Waals surface area contributed by atoms with Gasteiger partial charge in [-0.05, 0) is 68.8 Å². The van der Waals surface area contributed by atoms with Gasteiger partial charge in [0.1, 0.15) is 0 Å². The van der Waals surface area contributed by atoms with E-state index < -0.39 is 0 Å². The molecule has 0 heterocycles. The van der Waals surface area contributed by atoms with E-state index in [-0.39, 0.29) is 0 Å². The van der Waals surface area contributed by atoms with Gasteiger partial charge in [0.05, 0.1) is 22.7 Å². The Morgan fingerprint density at radius 1 is 0.480 bits per heavy atom. The summed E-state index contributed by atoms with van der Waals surface area (Å²) in [6.45, 7) is 6.15. The first kappa shape index (κ1) is 16.7. The molecule has 0 radical (unpaired) electrons. The molecule has 0 saturated heterocycles. The van der Waals surface area contributed by atoms with Crippen LogP contribution in [0.25, 0.3) is 0 Å². The number of rotatable bonds is 4. The van der Waals surface area contributed by atoms with Crippen molar-refractivity contribution in [3.05, 3.63) is 83.4 Å². The second-order valence-corrected chi connectivity index (χ2v) is 6.04. The van der Waals surface area contributed by atoms with E-state index >= 15 is 0 Å². The van der Waals surface area contributed by atoms with Crippen LogP contribution in [0.1, 0.15) is 16.7 Å². The lowest BCUT2D eigenvalue weighted by Crippen LogP contribution is -1.76. The minimum absolute atomic E-state index is 0.783. The lowest BCUT2D eigenvalue weighted by molar-refractivity contribution is 1.19. The summed E-state index contributed by atoms with van der Waals surface area (Å²) in [5, 5.41) is 17.1. The zero-order valence-corrected chi connectivity index (χ0v) is 14.6. The molecule has 3 aromatic rings. The Morgan fingerprint density at radius 3 is 1.44 bits per heavy atom. The van der Waals surface area contributed by atoms with Gasteiger partial charge in [0.15, 0.2) is 0 Å². The van der Waals surface area contributed by atoms with Gasteiger partial charge < -0.3 is 0 Å². The lowest BCUT2D eigenvalue weighted by Gasteiger charge is -2.00. The monoisotopic (exact) mass is 328 g/mol. The Balaban J connectivity index is 1.69. The number of hydrogen-bond donors (Lipinski definition) is 0. The highest BCUT2D eigenvalue weighted by Crippen LogP contribution is 2.25. The van der Waals surface area contributed by atoms with Gasteiger partial charge in [0, 0.05) is 0 Å². The van der Waals surface area contributed by atoms with Crippen LogP contribution < -0.4 is 0 Å². The van der Waals surface area contributed by atoms with E-state index in [0.29, 0.717) is 0 Å². The van der Waals surface area contributed by atoms with E-state index in [4.69, 9.17) is 0 Å². The molecule has 0 bridgehead atoms. The highest BCUT2D eigenvalue weighted by Gasteiger charge is 1.97. The van der Waals surface area contributed by atoms with Crippen LogP contribution in [0.15, 0.2) is 87.2 Å². The molecule has 0 aliphatic carbocycles. The van der Waals surface area contributed by atoms with E-state index in [2.05, 4.69) is 33.4 Å². The highest BCUT2D eigenvalue weighted by atomic mass is 15.1. The summed E-state index contributed by atoms with van der Waals surface area (Å²) >= 11 is 0. The SMILES string of the molecule is Cc1ccc(N=Nc2ccc(N=Nc3ccc(C)cc3C)cc2)cc1. The van der Waals surface area contributed by atoms with Crippen molar-refractivity contribution in [3.63, 3.8) is 0 Å². The molecule has 0 aliphatic heterocycles. The van der Waals surface area contributed by atoms with Crippen molar-refractivity contribution in [2.24, 2.45) is 20.5 Å². The summed E-state index contributed by atoms with van der Waals surface area (Å²) in [5.74, 6) is 0. The number of aryl methyl sites for hydroxylation is 3. The summed E-state index contributed by atoms with van der Waals surface area (Å²) in [5.41, 5.74) is 6.84. The smallest absolute Gasteiger partial charge is 0.0886 e. The fourth-order valence-corrected chi connectivity index (χ4v) is 2.34. The maximum absolute atomic E-state index is 4.32. The van der Waals surface area contributed by atoms with Crippen molar-refractivity contribution in [1.29, 1.82) is 0 Å². The van der Waals surface area contributed by atoms with Crippen molar-refractivity contribution >= 4 is 22.7 Å². The third-order valence-corrected chi connectivity index (χ3v) is 3.79. The molecule has 25 heavy (non-hydrogen) atoms. The van der Waals surface area contributed by atoms with Crippen LogP contribution in [-0.4, -0.2) is 0 Å². The van der Waals surface area contributed by atoms with Crippen LogP contribution in [0.5, 0.6) is 0 Å². The molecular formula is C21H20N4. The highest BCUT2D eigenvalue weighted by molar-refractivity contribution is 5.50. The molecule has 0 fully saturated rings. The minimum atomic E-state index is 0.783. The minimum Gasteiger partial charge on any atom is -0.151 e. The zero-order chi connectivity index (χ0) is 17.6. The standard InChI is InChI=1S/C21H20N4/c1-15-4-7-18(8-5-15)22-23-19-9-11-20(12-10-19)24-25-21-13-6-16(2)14-17(21)3/h4-14H,1-3H3. The number of benzene rings is 3. The van der Waals surface area contributed by atoms with Crippen LogP contribution in [0.3, 0.4) is 0 Å². The Labute approximate surface area is 148 Å². The number of nitrogens with zero attached hydrogens (tertiary/aromatic N) is 4. The fourth-order valence-electron chi connectivity index (χ4n) is 2.34. The summed E-state index contributed by atoms with van der Waals surface area (Å²) in [7, 11) is 0.